The van der Waals surface area contributed by atoms with Crippen LogP contribution in [0.4, 0.5) is 0 Å². The number of aliphatic carboxylic acids is 1. The van der Waals surface area contributed by atoms with Gasteiger partial charge in [-0.3, -0.25) is 4.79 Å². The number of aryl methyl sites for hydroxylation is 3. The summed E-state index contributed by atoms with van der Waals surface area (Å²) >= 11 is 0. The SMILES string of the molecule is COc1nn(C)c2nc(C)c(CCC(=O)N[C@@H](C(=O)O)c3ccccc3)c(C)c12. The summed E-state index contributed by atoms with van der Waals surface area (Å²) < 4.78 is 7.03. The van der Waals surface area contributed by atoms with Gasteiger partial charge < -0.3 is 15.2 Å². The molecule has 0 unspecified atom stereocenters. The van der Waals surface area contributed by atoms with Crippen LogP contribution in [0.1, 0.15) is 34.8 Å². The number of carboxylic acid groups (broad SMARTS) is 1. The van der Waals surface area contributed by atoms with E-state index in [2.05, 4.69) is 15.4 Å². The number of hydrogen-bond donors (Lipinski definition) is 2. The number of nitrogens with zero attached hydrogens (tertiary/aromatic N) is 3. The second kappa shape index (κ2) is 8.30. The summed E-state index contributed by atoms with van der Waals surface area (Å²) in [4.78, 5) is 28.7. The van der Waals surface area contributed by atoms with Gasteiger partial charge in [-0.15, -0.1) is 5.10 Å². The van der Waals surface area contributed by atoms with Crippen LogP contribution in [0.5, 0.6) is 5.88 Å². The third-order valence-corrected chi connectivity index (χ3v) is 5.00. The third-order valence-electron chi connectivity index (χ3n) is 5.00. The molecule has 0 bridgehead atoms. The molecule has 29 heavy (non-hydrogen) atoms. The Kier molecular flexibility index (Phi) is 5.81. The Balaban J connectivity index is 1.79. The molecule has 2 heterocycles. The summed E-state index contributed by atoms with van der Waals surface area (Å²) in [5.41, 5.74) is 3.96. The molecular weight excluding hydrogens is 372 g/mol. The number of carboxylic acids is 1. The van der Waals surface area contributed by atoms with E-state index in [0.717, 1.165) is 27.9 Å². The lowest BCUT2D eigenvalue weighted by atomic mass is 9.99. The maximum atomic E-state index is 12.5. The number of hydrogen-bond acceptors (Lipinski definition) is 5. The topological polar surface area (TPSA) is 106 Å². The van der Waals surface area contributed by atoms with E-state index in [9.17, 15) is 14.7 Å². The van der Waals surface area contributed by atoms with Gasteiger partial charge in [0, 0.05) is 19.2 Å². The normalized spacial score (nSPS) is 12.0. The molecule has 0 saturated heterocycles. The van der Waals surface area contributed by atoms with Crippen LogP contribution in [0.15, 0.2) is 30.3 Å². The highest BCUT2D eigenvalue weighted by Gasteiger charge is 2.23. The van der Waals surface area contributed by atoms with Crippen LogP contribution in [0.3, 0.4) is 0 Å². The highest BCUT2D eigenvalue weighted by molar-refractivity contribution is 5.87. The zero-order valence-electron chi connectivity index (χ0n) is 16.9. The number of benzene rings is 1. The molecule has 0 aliphatic rings. The Bertz CT molecular complexity index is 1060. The Morgan fingerprint density at radius 3 is 2.55 bits per heavy atom. The van der Waals surface area contributed by atoms with Crippen molar-refractivity contribution in [1.29, 1.82) is 0 Å². The average Bonchev–Trinajstić information content (AvgIpc) is 3.02. The molecule has 1 atom stereocenters. The standard InChI is InChI=1S/C21H24N4O4/c1-12-15(13(2)22-19-17(12)20(29-4)24-25(19)3)10-11-16(26)23-18(21(27)28)14-8-6-5-7-9-14/h5-9,18H,10-11H2,1-4H3,(H,23,26)(H,27,28)/t18-/m1/s1. The predicted molar refractivity (Wildman–Crippen MR) is 108 cm³/mol. The smallest absolute Gasteiger partial charge is 0.330 e. The van der Waals surface area contributed by atoms with Crippen LogP contribution < -0.4 is 10.1 Å². The van der Waals surface area contributed by atoms with Crippen molar-refractivity contribution in [2.24, 2.45) is 7.05 Å². The summed E-state index contributed by atoms with van der Waals surface area (Å²) in [6.45, 7) is 3.85. The first kappa shape index (κ1) is 20.3. The van der Waals surface area contributed by atoms with Crippen molar-refractivity contribution in [2.45, 2.75) is 32.7 Å². The first-order valence-corrected chi connectivity index (χ1v) is 9.27. The van der Waals surface area contributed by atoms with Gasteiger partial charge in [-0.05, 0) is 37.0 Å². The van der Waals surface area contributed by atoms with Crippen molar-refractivity contribution in [3.05, 3.63) is 52.7 Å². The van der Waals surface area contributed by atoms with Crippen LogP contribution in [0, 0.1) is 13.8 Å². The number of nitrogens with one attached hydrogen (secondary N) is 1. The third kappa shape index (κ3) is 4.06. The van der Waals surface area contributed by atoms with E-state index in [1.807, 2.05) is 13.8 Å². The molecule has 0 spiro atoms. The largest absolute Gasteiger partial charge is 0.479 e. The second-order valence-corrected chi connectivity index (χ2v) is 6.88. The van der Waals surface area contributed by atoms with E-state index >= 15 is 0 Å². The molecule has 0 saturated carbocycles. The minimum absolute atomic E-state index is 0.147. The van der Waals surface area contributed by atoms with E-state index in [0.29, 0.717) is 17.9 Å². The molecule has 1 amide bonds. The lowest BCUT2D eigenvalue weighted by Crippen LogP contribution is -2.33. The van der Waals surface area contributed by atoms with Gasteiger partial charge in [0.1, 0.15) is 0 Å². The maximum absolute atomic E-state index is 12.5. The van der Waals surface area contributed by atoms with Crippen LogP contribution in [0.25, 0.3) is 11.0 Å². The summed E-state index contributed by atoms with van der Waals surface area (Å²) in [5, 5.41) is 17.2. The van der Waals surface area contributed by atoms with E-state index in [1.165, 1.54) is 0 Å². The molecule has 8 heteroatoms. The number of methoxy groups -OCH3 is 1. The van der Waals surface area contributed by atoms with Crippen molar-refractivity contribution < 1.29 is 19.4 Å². The molecule has 3 rings (SSSR count). The molecule has 152 valence electrons. The molecule has 0 radical (unpaired) electrons. The minimum Gasteiger partial charge on any atom is -0.479 e. The van der Waals surface area contributed by atoms with E-state index in [-0.39, 0.29) is 12.3 Å². The van der Waals surface area contributed by atoms with Crippen molar-refractivity contribution in [3.8, 4) is 5.88 Å². The maximum Gasteiger partial charge on any atom is 0.330 e. The Morgan fingerprint density at radius 2 is 1.93 bits per heavy atom. The van der Waals surface area contributed by atoms with Crippen molar-refractivity contribution in [2.75, 3.05) is 7.11 Å². The molecule has 3 aromatic rings. The minimum atomic E-state index is -1.10. The average molecular weight is 396 g/mol. The summed E-state index contributed by atoms with van der Waals surface area (Å²) in [5.74, 6) is -0.938. The van der Waals surface area contributed by atoms with E-state index in [4.69, 9.17) is 4.74 Å². The molecule has 8 nitrogen and oxygen atoms in total. The van der Waals surface area contributed by atoms with Crippen molar-refractivity contribution in [1.82, 2.24) is 20.1 Å². The van der Waals surface area contributed by atoms with Crippen LogP contribution in [-0.2, 0) is 23.1 Å². The van der Waals surface area contributed by atoms with Crippen molar-refractivity contribution in [3.63, 3.8) is 0 Å². The quantitative estimate of drug-likeness (QED) is 0.635. The lowest BCUT2D eigenvalue weighted by Gasteiger charge is -2.16. The van der Waals surface area contributed by atoms with Gasteiger partial charge >= 0.3 is 5.97 Å². The number of pyridine rings is 1. The fourth-order valence-corrected chi connectivity index (χ4v) is 3.51. The predicted octanol–water partition coefficient (Wildman–Crippen LogP) is 2.47. The first-order chi connectivity index (χ1) is 13.8. The van der Waals surface area contributed by atoms with Crippen LogP contribution in [0.2, 0.25) is 0 Å². The van der Waals surface area contributed by atoms with Gasteiger partial charge in [0.25, 0.3) is 0 Å². The van der Waals surface area contributed by atoms with Gasteiger partial charge in [-0.25, -0.2) is 14.5 Å². The van der Waals surface area contributed by atoms with Gasteiger partial charge in [0.2, 0.25) is 11.8 Å². The number of rotatable bonds is 7. The Labute approximate surface area is 168 Å². The summed E-state index contributed by atoms with van der Waals surface area (Å²) in [7, 11) is 3.36. The number of ether oxygens (including phenoxy) is 1. The number of aromatic nitrogens is 3. The fraction of sp³-hybridized carbons (Fsp3) is 0.333. The lowest BCUT2D eigenvalue weighted by molar-refractivity contribution is -0.142. The fourth-order valence-electron chi connectivity index (χ4n) is 3.51. The van der Waals surface area contributed by atoms with Gasteiger partial charge in [-0.2, -0.15) is 0 Å². The molecule has 2 N–H and O–H groups in total. The highest BCUT2D eigenvalue weighted by atomic mass is 16.5. The Morgan fingerprint density at radius 1 is 1.24 bits per heavy atom. The number of amides is 1. The second-order valence-electron chi connectivity index (χ2n) is 6.88. The van der Waals surface area contributed by atoms with Gasteiger partial charge in [0.15, 0.2) is 11.7 Å². The van der Waals surface area contributed by atoms with Crippen molar-refractivity contribution >= 4 is 22.9 Å². The monoisotopic (exact) mass is 396 g/mol. The highest BCUT2D eigenvalue weighted by Crippen LogP contribution is 2.30. The summed E-state index contributed by atoms with van der Waals surface area (Å²) in [6.07, 6.45) is 0.583. The van der Waals surface area contributed by atoms with E-state index in [1.54, 1.807) is 49.2 Å². The van der Waals surface area contributed by atoms with Crippen LogP contribution in [-0.4, -0.2) is 38.9 Å². The number of carbonyl (C=O) groups is 2. The molecule has 2 aromatic heterocycles. The van der Waals surface area contributed by atoms with Gasteiger partial charge in [-0.1, -0.05) is 30.3 Å². The molecule has 0 fully saturated rings. The van der Waals surface area contributed by atoms with E-state index < -0.39 is 12.0 Å². The van der Waals surface area contributed by atoms with Gasteiger partial charge in [0.05, 0.1) is 12.5 Å². The molecule has 1 aromatic carbocycles. The number of fused-ring (bicyclic) bond motifs is 1. The zero-order valence-corrected chi connectivity index (χ0v) is 16.9. The first-order valence-electron chi connectivity index (χ1n) is 9.27. The molecule has 0 aliphatic carbocycles. The van der Waals surface area contributed by atoms with Crippen LogP contribution >= 0.6 is 0 Å². The molecular formula is C21H24N4O4. The zero-order chi connectivity index (χ0) is 21.1. The number of carbonyl (C=O) groups excluding carboxylic acids is 1. The Hall–Kier alpha value is -3.42. The summed E-state index contributed by atoms with van der Waals surface area (Å²) in [6, 6.07) is 7.56. The molecule has 0 aliphatic heterocycles.